The van der Waals surface area contributed by atoms with Crippen LogP contribution in [0.1, 0.15) is 18.6 Å². The molecule has 0 radical (unpaired) electrons. The number of hydrogen-bond acceptors (Lipinski definition) is 2. The highest BCUT2D eigenvalue weighted by Crippen LogP contribution is 2.23. The van der Waals surface area contributed by atoms with Crippen LogP contribution in [0.25, 0.3) is 0 Å². The van der Waals surface area contributed by atoms with Crippen molar-refractivity contribution in [1.82, 2.24) is 4.90 Å². The van der Waals surface area contributed by atoms with Gasteiger partial charge in [0.25, 0.3) is 0 Å². The minimum Gasteiger partial charge on any atom is -0.371 e. The number of halogens is 1. The molecule has 1 heterocycles. The molecule has 0 aromatic heterocycles. The first-order valence-electron chi connectivity index (χ1n) is 5.39. The number of likely N-dealkylation sites (N-methyl/N-ethyl adjacent to an activating group) is 1. The normalized spacial score (nSPS) is 22.9. The first-order chi connectivity index (χ1) is 7.29. The fourth-order valence-corrected chi connectivity index (χ4v) is 2.13. The Balaban J connectivity index is 2.06. The molecule has 1 saturated heterocycles. The van der Waals surface area contributed by atoms with Crippen LogP contribution in [0.5, 0.6) is 0 Å². The molecule has 0 unspecified atom stereocenters. The molecule has 1 aromatic carbocycles. The third kappa shape index (κ3) is 2.80. The molecule has 1 aliphatic rings. The molecular formula is C12H16BrNO. The highest BCUT2D eigenvalue weighted by Gasteiger charge is 2.20. The highest BCUT2D eigenvalue weighted by molar-refractivity contribution is 9.10. The number of rotatable bonds is 2. The van der Waals surface area contributed by atoms with Crippen LogP contribution in [0.3, 0.4) is 0 Å². The number of benzene rings is 1. The summed E-state index contributed by atoms with van der Waals surface area (Å²) in [6.07, 6.45) is 0.242. The SMILES string of the molecule is CCN1CCO[C@@H](c2ccc(Br)cc2)C1. The molecule has 0 aliphatic carbocycles. The molecule has 0 spiro atoms. The van der Waals surface area contributed by atoms with E-state index in [2.05, 4.69) is 52.0 Å². The van der Waals surface area contributed by atoms with E-state index in [0.717, 1.165) is 30.7 Å². The quantitative estimate of drug-likeness (QED) is 0.819. The zero-order valence-corrected chi connectivity index (χ0v) is 10.5. The van der Waals surface area contributed by atoms with Gasteiger partial charge in [0.2, 0.25) is 0 Å². The minimum absolute atomic E-state index is 0.242. The van der Waals surface area contributed by atoms with Crippen molar-refractivity contribution in [3.05, 3.63) is 34.3 Å². The summed E-state index contributed by atoms with van der Waals surface area (Å²) in [6, 6.07) is 8.41. The van der Waals surface area contributed by atoms with E-state index in [0.29, 0.717) is 0 Å². The van der Waals surface area contributed by atoms with Gasteiger partial charge in [-0.1, -0.05) is 35.0 Å². The molecule has 0 bridgehead atoms. The van der Waals surface area contributed by atoms with Gasteiger partial charge >= 0.3 is 0 Å². The van der Waals surface area contributed by atoms with E-state index in [1.165, 1.54) is 5.56 Å². The fraction of sp³-hybridized carbons (Fsp3) is 0.500. The van der Waals surface area contributed by atoms with E-state index >= 15 is 0 Å². The Morgan fingerprint density at radius 3 is 2.80 bits per heavy atom. The van der Waals surface area contributed by atoms with E-state index in [4.69, 9.17) is 4.74 Å². The fourth-order valence-electron chi connectivity index (χ4n) is 1.87. The molecular weight excluding hydrogens is 254 g/mol. The van der Waals surface area contributed by atoms with Gasteiger partial charge in [-0.25, -0.2) is 0 Å². The Hall–Kier alpha value is -0.380. The van der Waals surface area contributed by atoms with Crippen molar-refractivity contribution in [1.29, 1.82) is 0 Å². The largest absolute Gasteiger partial charge is 0.371 e. The maximum atomic E-state index is 5.78. The molecule has 3 heteroatoms. The topological polar surface area (TPSA) is 12.5 Å². The third-order valence-corrected chi connectivity index (χ3v) is 3.37. The molecule has 1 atom stereocenters. The standard InChI is InChI=1S/C12H16BrNO/c1-2-14-7-8-15-12(9-14)10-3-5-11(13)6-4-10/h3-6,12H,2,7-9H2,1H3/t12-/m1/s1. The minimum atomic E-state index is 0.242. The lowest BCUT2D eigenvalue weighted by Gasteiger charge is -2.32. The first-order valence-corrected chi connectivity index (χ1v) is 6.18. The molecule has 2 rings (SSSR count). The lowest BCUT2D eigenvalue weighted by Crippen LogP contribution is -2.37. The van der Waals surface area contributed by atoms with Gasteiger partial charge in [-0.2, -0.15) is 0 Å². The summed E-state index contributed by atoms with van der Waals surface area (Å²) >= 11 is 3.44. The maximum Gasteiger partial charge on any atom is 0.0952 e. The van der Waals surface area contributed by atoms with Gasteiger partial charge < -0.3 is 4.74 Å². The van der Waals surface area contributed by atoms with Crippen molar-refractivity contribution in [2.75, 3.05) is 26.2 Å². The first kappa shape index (κ1) is 11.1. The maximum absolute atomic E-state index is 5.78. The summed E-state index contributed by atoms with van der Waals surface area (Å²) in [6.45, 7) is 6.22. The molecule has 0 saturated carbocycles. The highest BCUT2D eigenvalue weighted by atomic mass is 79.9. The van der Waals surface area contributed by atoms with Gasteiger partial charge in [0.05, 0.1) is 12.7 Å². The second-order valence-corrected chi connectivity index (χ2v) is 4.72. The second-order valence-electron chi connectivity index (χ2n) is 3.80. The number of ether oxygens (including phenoxy) is 1. The Morgan fingerprint density at radius 1 is 1.40 bits per heavy atom. The summed E-state index contributed by atoms with van der Waals surface area (Å²) in [7, 11) is 0. The number of morpholine rings is 1. The van der Waals surface area contributed by atoms with Gasteiger partial charge in [-0.15, -0.1) is 0 Å². The smallest absolute Gasteiger partial charge is 0.0952 e. The Kier molecular flexibility index (Phi) is 3.78. The summed E-state index contributed by atoms with van der Waals surface area (Å²) in [5.74, 6) is 0. The lowest BCUT2D eigenvalue weighted by molar-refractivity contribution is -0.0281. The van der Waals surface area contributed by atoms with E-state index in [9.17, 15) is 0 Å². The van der Waals surface area contributed by atoms with Crippen LogP contribution in [-0.2, 0) is 4.74 Å². The third-order valence-electron chi connectivity index (χ3n) is 2.84. The summed E-state index contributed by atoms with van der Waals surface area (Å²) in [4.78, 5) is 2.43. The predicted octanol–water partition coefficient (Wildman–Crippen LogP) is 2.84. The number of hydrogen-bond donors (Lipinski definition) is 0. The van der Waals surface area contributed by atoms with Crippen LogP contribution in [0.2, 0.25) is 0 Å². The van der Waals surface area contributed by atoms with Crippen LogP contribution in [0.15, 0.2) is 28.7 Å². The number of nitrogens with zero attached hydrogens (tertiary/aromatic N) is 1. The van der Waals surface area contributed by atoms with Crippen LogP contribution in [0.4, 0.5) is 0 Å². The molecule has 82 valence electrons. The van der Waals surface area contributed by atoms with Crippen LogP contribution in [0, 0.1) is 0 Å². The summed E-state index contributed by atoms with van der Waals surface area (Å²) in [5, 5.41) is 0. The Labute approximate surface area is 99.4 Å². The average molecular weight is 270 g/mol. The van der Waals surface area contributed by atoms with Gasteiger partial charge in [0.1, 0.15) is 0 Å². The van der Waals surface area contributed by atoms with Crippen molar-refractivity contribution >= 4 is 15.9 Å². The summed E-state index contributed by atoms with van der Waals surface area (Å²) < 4.78 is 6.90. The van der Waals surface area contributed by atoms with Crippen molar-refractivity contribution in [3.63, 3.8) is 0 Å². The summed E-state index contributed by atoms with van der Waals surface area (Å²) in [5.41, 5.74) is 1.27. The average Bonchev–Trinajstić information content (AvgIpc) is 2.30. The van der Waals surface area contributed by atoms with Crippen LogP contribution in [-0.4, -0.2) is 31.1 Å². The van der Waals surface area contributed by atoms with E-state index in [-0.39, 0.29) is 6.10 Å². The monoisotopic (exact) mass is 269 g/mol. The lowest BCUT2D eigenvalue weighted by atomic mass is 10.1. The molecule has 1 aromatic rings. The Bertz CT molecular complexity index is 312. The molecule has 1 aliphatic heterocycles. The molecule has 1 fully saturated rings. The predicted molar refractivity (Wildman–Crippen MR) is 64.9 cm³/mol. The zero-order valence-electron chi connectivity index (χ0n) is 8.95. The second kappa shape index (κ2) is 5.10. The zero-order chi connectivity index (χ0) is 10.7. The molecule has 15 heavy (non-hydrogen) atoms. The van der Waals surface area contributed by atoms with Crippen molar-refractivity contribution in [2.24, 2.45) is 0 Å². The molecule has 2 nitrogen and oxygen atoms in total. The molecule has 0 amide bonds. The van der Waals surface area contributed by atoms with E-state index in [1.807, 2.05) is 0 Å². The van der Waals surface area contributed by atoms with E-state index < -0.39 is 0 Å². The Morgan fingerprint density at radius 2 is 2.13 bits per heavy atom. The van der Waals surface area contributed by atoms with Gasteiger partial charge in [-0.05, 0) is 24.2 Å². The van der Waals surface area contributed by atoms with Crippen molar-refractivity contribution in [3.8, 4) is 0 Å². The van der Waals surface area contributed by atoms with Gasteiger partial charge in [0, 0.05) is 17.6 Å². The van der Waals surface area contributed by atoms with Gasteiger partial charge in [0.15, 0.2) is 0 Å². The molecule has 0 N–H and O–H groups in total. The van der Waals surface area contributed by atoms with E-state index in [1.54, 1.807) is 0 Å². The van der Waals surface area contributed by atoms with Gasteiger partial charge in [-0.3, -0.25) is 4.90 Å². The van der Waals surface area contributed by atoms with Crippen LogP contribution < -0.4 is 0 Å². The van der Waals surface area contributed by atoms with Crippen LogP contribution >= 0.6 is 15.9 Å². The van der Waals surface area contributed by atoms with Crippen molar-refractivity contribution < 1.29 is 4.74 Å². The van der Waals surface area contributed by atoms with Crippen molar-refractivity contribution in [2.45, 2.75) is 13.0 Å².